The molecule has 0 heterocycles. The van der Waals surface area contributed by atoms with Crippen LogP contribution in [0.4, 0.5) is 4.39 Å². The molecule has 2 rings (SSSR count). The van der Waals surface area contributed by atoms with Gasteiger partial charge in [-0.05, 0) is 48.7 Å². The summed E-state index contributed by atoms with van der Waals surface area (Å²) in [7, 11) is -3.59. The third-order valence-electron chi connectivity index (χ3n) is 3.00. The van der Waals surface area contributed by atoms with E-state index in [9.17, 15) is 12.8 Å². The maximum atomic E-state index is 12.8. The summed E-state index contributed by atoms with van der Waals surface area (Å²) >= 11 is 6.03. The van der Waals surface area contributed by atoms with E-state index in [1.807, 2.05) is 18.2 Å². The standard InChI is InChI=1S/C15H15ClFNO2S/c16-15-6-2-1-4-12(15)5-3-11-18-21(19,20)14-9-7-13(17)8-10-14/h1-2,4,6-10,18H,3,5,11H2. The predicted octanol–water partition coefficient (Wildman–Crippen LogP) is 3.39. The van der Waals surface area contributed by atoms with Crippen molar-refractivity contribution in [3.63, 3.8) is 0 Å². The Morgan fingerprint density at radius 1 is 1.05 bits per heavy atom. The summed E-state index contributed by atoms with van der Waals surface area (Å²) in [5, 5.41) is 0.680. The van der Waals surface area contributed by atoms with Crippen LogP contribution in [-0.4, -0.2) is 15.0 Å². The zero-order chi connectivity index (χ0) is 15.3. The molecule has 0 aliphatic rings. The fraction of sp³-hybridized carbons (Fsp3) is 0.200. The molecule has 1 N–H and O–H groups in total. The minimum absolute atomic E-state index is 0.0571. The lowest BCUT2D eigenvalue weighted by Crippen LogP contribution is -2.25. The molecule has 0 saturated heterocycles. The molecule has 0 bridgehead atoms. The van der Waals surface area contributed by atoms with Gasteiger partial charge in [0, 0.05) is 11.6 Å². The quantitative estimate of drug-likeness (QED) is 0.827. The van der Waals surface area contributed by atoms with Crippen molar-refractivity contribution in [2.75, 3.05) is 6.54 Å². The first-order valence-corrected chi connectivity index (χ1v) is 8.34. The smallest absolute Gasteiger partial charge is 0.211 e. The van der Waals surface area contributed by atoms with Gasteiger partial charge in [0.05, 0.1) is 4.90 Å². The molecular formula is C15H15ClFNO2S. The van der Waals surface area contributed by atoms with Gasteiger partial charge in [-0.3, -0.25) is 0 Å². The first-order chi connectivity index (χ1) is 9.99. The molecule has 0 unspecified atom stereocenters. The van der Waals surface area contributed by atoms with E-state index in [1.165, 1.54) is 12.1 Å². The van der Waals surface area contributed by atoms with Crippen LogP contribution in [-0.2, 0) is 16.4 Å². The molecule has 21 heavy (non-hydrogen) atoms. The zero-order valence-electron chi connectivity index (χ0n) is 11.2. The van der Waals surface area contributed by atoms with Crippen LogP contribution in [0.5, 0.6) is 0 Å². The topological polar surface area (TPSA) is 46.2 Å². The molecule has 6 heteroatoms. The van der Waals surface area contributed by atoms with Crippen molar-refractivity contribution in [3.05, 3.63) is 64.9 Å². The minimum Gasteiger partial charge on any atom is -0.211 e. The summed E-state index contributed by atoms with van der Waals surface area (Å²) in [5.41, 5.74) is 0.986. The van der Waals surface area contributed by atoms with E-state index < -0.39 is 15.8 Å². The van der Waals surface area contributed by atoms with Crippen molar-refractivity contribution in [1.29, 1.82) is 0 Å². The molecule has 0 saturated carbocycles. The van der Waals surface area contributed by atoms with Gasteiger partial charge in [0.2, 0.25) is 10.0 Å². The van der Waals surface area contributed by atoms with Crippen molar-refractivity contribution in [3.8, 4) is 0 Å². The molecule has 0 atom stereocenters. The van der Waals surface area contributed by atoms with Crippen LogP contribution in [0.25, 0.3) is 0 Å². The number of hydrogen-bond donors (Lipinski definition) is 1. The Labute approximate surface area is 128 Å². The summed E-state index contributed by atoms with van der Waals surface area (Å²) < 4.78 is 39.2. The number of nitrogens with one attached hydrogen (secondary N) is 1. The number of hydrogen-bond acceptors (Lipinski definition) is 2. The Bertz CT molecular complexity index is 702. The Morgan fingerprint density at radius 2 is 1.71 bits per heavy atom. The van der Waals surface area contributed by atoms with Gasteiger partial charge in [-0.2, -0.15) is 0 Å². The number of halogens is 2. The molecule has 0 fully saturated rings. The maximum absolute atomic E-state index is 12.8. The van der Waals surface area contributed by atoms with Gasteiger partial charge in [-0.15, -0.1) is 0 Å². The van der Waals surface area contributed by atoms with Crippen molar-refractivity contribution in [2.24, 2.45) is 0 Å². The average Bonchev–Trinajstić information content (AvgIpc) is 2.46. The highest BCUT2D eigenvalue weighted by Gasteiger charge is 2.13. The number of aryl methyl sites for hydroxylation is 1. The Hall–Kier alpha value is -1.43. The summed E-state index contributed by atoms with van der Waals surface area (Å²) in [4.78, 5) is 0.0571. The van der Waals surface area contributed by atoms with Gasteiger partial charge in [-0.1, -0.05) is 29.8 Å². The lowest BCUT2D eigenvalue weighted by atomic mass is 10.1. The van der Waals surface area contributed by atoms with Crippen molar-refractivity contribution in [2.45, 2.75) is 17.7 Å². The SMILES string of the molecule is O=S(=O)(NCCCc1ccccc1Cl)c1ccc(F)cc1. The van der Waals surface area contributed by atoms with Gasteiger partial charge in [0.15, 0.2) is 0 Å². The van der Waals surface area contributed by atoms with Crippen molar-refractivity contribution >= 4 is 21.6 Å². The largest absolute Gasteiger partial charge is 0.240 e. The van der Waals surface area contributed by atoms with Gasteiger partial charge in [0.25, 0.3) is 0 Å². The van der Waals surface area contributed by atoms with E-state index in [0.717, 1.165) is 17.7 Å². The van der Waals surface area contributed by atoms with E-state index in [0.29, 0.717) is 24.4 Å². The fourth-order valence-electron chi connectivity index (χ4n) is 1.88. The fourth-order valence-corrected chi connectivity index (χ4v) is 3.19. The molecule has 2 aromatic carbocycles. The summed E-state index contributed by atoms with van der Waals surface area (Å²) in [6.45, 7) is 0.297. The van der Waals surface area contributed by atoms with Crippen LogP contribution >= 0.6 is 11.6 Å². The number of rotatable bonds is 6. The van der Waals surface area contributed by atoms with Gasteiger partial charge < -0.3 is 0 Å². The summed E-state index contributed by atoms with van der Waals surface area (Å²) in [6.07, 6.45) is 1.32. The summed E-state index contributed by atoms with van der Waals surface area (Å²) in [5.74, 6) is -0.465. The molecule has 0 aliphatic carbocycles. The normalized spacial score (nSPS) is 11.5. The molecule has 3 nitrogen and oxygen atoms in total. The Kier molecular flexibility index (Phi) is 5.33. The molecule has 0 amide bonds. The highest BCUT2D eigenvalue weighted by Crippen LogP contribution is 2.16. The van der Waals surface area contributed by atoms with Crippen molar-refractivity contribution < 1.29 is 12.8 Å². The highest BCUT2D eigenvalue weighted by atomic mass is 35.5. The zero-order valence-corrected chi connectivity index (χ0v) is 12.8. The Morgan fingerprint density at radius 3 is 2.38 bits per heavy atom. The van der Waals surface area contributed by atoms with Gasteiger partial charge in [0.1, 0.15) is 5.82 Å². The van der Waals surface area contributed by atoms with Crippen LogP contribution in [0.15, 0.2) is 53.4 Å². The van der Waals surface area contributed by atoms with Crippen LogP contribution in [0.3, 0.4) is 0 Å². The Balaban J connectivity index is 1.88. The monoisotopic (exact) mass is 327 g/mol. The lowest BCUT2D eigenvalue weighted by molar-refractivity contribution is 0.578. The van der Waals surface area contributed by atoms with Crippen LogP contribution in [0.1, 0.15) is 12.0 Å². The molecule has 0 aliphatic heterocycles. The second-order valence-corrected chi connectivity index (χ2v) is 6.72. The first kappa shape index (κ1) is 15.9. The van der Waals surface area contributed by atoms with Crippen molar-refractivity contribution in [1.82, 2.24) is 4.72 Å². The van der Waals surface area contributed by atoms with E-state index in [-0.39, 0.29) is 4.90 Å². The van der Waals surface area contributed by atoms with E-state index >= 15 is 0 Å². The molecule has 0 spiro atoms. The first-order valence-electron chi connectivity index (χ1n) is 6.48. The molecule has 2 aromatic rings. The lowest BCUT2D eigenvalue weighted by Gasteiger charge is -2.07. The van der Waals surface area contributed by atoms with Crippen LogP contribution in [0.2, 0.25) is 5.02 Å². The van der Waals surface area contributed by atoms with E-state index in [2.05, 4.69) is 4.72 Å². The molecule has 0 aromatic heterocycles. The molecule has 112 valence electrons. The minimum atomic E-state index is -3.59. The highest BCUT2D eigenvalue weighted by molar-refractivity contribution is 7.89. The summed E-state index contributed by atoms with van der Waals surface area (Å²) in [6, 6.07) is 12.2. The number of benzene rings is 2. The molecular weight excluding hydrogens is 313 g/mol. The number of sulfonamides is 1. The van der Waals surface area contributed by atoms with Gasteiger partial charge in [-0.25, -0.2) is 17.5 Å². The predicted molar refractivity (Wildman–Crippen MR) is 81.4 cm³/mol. The van der Waals surface area contributed by atoms with E-state index in [1.54, 1.807) is 6.07 Å². The second kappa shape index (κ2) is 7.02. The van der Waals surface area contributed by atoms with Gasteiger partial charge >= 0.3 is 0 Å². The van der Waals surface area contributed by atoms with Crippen LogP contribution in [0, 0.1) is 5.82 Å². The molecule has 0 radical (unpaired) electrons. The third-order valence-corrected chi connectivity index (χ3v) is 4.84. The maximum Gasteiger partial charge on any atom is 0.240 e. The van der Waals surface area contributed by atoms with E-state index in [4.69, 9.17) is 11.6 Å². The average molecular weight is 328 g/mol. The second-order valence-electron chi connectivity index (χ2n) is 4.55. The third kappa shape index (κ3) is 4.52. The van der Waals surface area contributed by atoms with Crippen LogP contribution < -0.4 is 4.72 Å².